The molecule has 0 unspecified atom stereocenters. The van der Waals surface area contributed by atoms with Crippen molar-refractivity contribution in [2.75, 3.05) is 18.5 Å². The third-order valence-electron chi connectivity index (χ3n) is 1.67. The fourth-order valence-electron chi connectivity index (χ4n) is 0.815. The summed E-state index contributed by atoms with van der Waals surface area (Å²) in [4.78, 5) is 0. The van der Waals surface area contributed by atoms with Gasteiger partial charge in [0.1, 0.15) is 0 Å². The zero-order chi connectivity index (χ0) is 7.33. The normalized spacial score (nSPS) is 11.9. The predicted molar refractivity (Wildman–Crippen MR) is 43.5 cm³/mol. The molecule has 0 aromatic rings. The van der Waals surface area contributed by atoms with Gasteiger partial charge in [-0.25, -0.2) is 0 Å². The quantitative estimate of drug-likeness (QED) is 0.558. The maximum Gasteiger partial charge on any atom is 0.0875 e. The molecule has 0 aliphatic heterocycles. The lowest BCUT2D eigenvalue weighted by molar-refractivity contribution is 0.577. The summed E-state index contributed by atoms with van der Waals surface area (Å²) in [5.74, 6) is 0. The zero-order valence-corrected chi connectivity index (χ0v) is 7.45. The molecule has 0 aliphatic carbocycles. The van der Waals surface area contributed by atoms with Gasteiger partial charge < -0.3 is 4.57 Å². The number of rotatable bonds is 4. The fraction of sp³-hybridized carbons (Fsp3) is 0.857. The second-order valence-electron chi connectivity index (χ2n) is 2.28. The Balaban J connectivity index is 3.78. The van der Waals surface area contributed by atoms with Crippen LogP contribution in [0.25, 0.3) is 0 Å². The van der Waals surface area contributed by atoms with Crippen molar-refractivity contribution in [2.45, 2.75) is 20.8 Å². The highest BCUT2D eigenvalue weighted by atomic mass is 31.2. The monoisotopic (exact) mass is 147 g/mol. The van der Waals surface area contributed by atoms with Crippen LogP contribution in [-0.2, 0) is 4.57 Å². The van der Waals surface area contributed by atoms with Crippen molar-refractivity contribution in [3.63, 3.8) is 0 Å². The van der Waals surface area contributed by atoms with Gasteiger partial charge in [-0.2, -0.15) is 0 Å². The Labute approximate surface area is 58.2 Å². The van der Waals surface area contributed by atoms with Gasteiger partial charge in [0, 0.05) is 6.16 Å². The molecule has 0 rings (SSSR count). The van der Waals surface area contributed by atoms with Crippen molar-refractivity contribution < 1.29 is 4.57 Å². The average molecular weight is 147 g/mol. The molecular formula is C7H16OP. The highest BCUT2D eigenvalue weighted by Crippen LogP contribution is 2.44. The molecule has 0 fully saturated rings. The molecule has 55 valence electrons. The van der Waals surface area contributed by atoms with E-state index in [1.54, 1.807) is 0 Å². The Hall–Kier alpha value is 0.230. The minimum absolute atomic E-state index is 0.819. The molecule has 0 bridgehead atoms. The summed E-state index contributed by atoms with van der Waals surface area (Å²) in [6.45, 7) is 5.99. The van der Waals surface area contributed by atoms with E-state index < -0.39 is 7.14 Å². The molecule has 0 amide bonds. The standard InChI is InChI=1S/C7H16OP/c1-4-7-9(8,5-2)6-3/h4H,5-7H2,1-3H3. The van der Waals surface area contributed by atoms with Gasteiger partial charge in [0.15, 0.2) is 0 Å². The summed E-state index contributed by atoms with van der Waals surface area (Å²) in [5, 5.41) is 0. The second-order valence-corrected chi connectivity index (χ2v) is 6.03. The van der Waals surface area contributed by atoms with Crippen LogP contribution in [0.15, 0.2) is 0 Å². The largest absolute Gasteiger partial charge is 0.324 e. The Bertz CT molecular complexity index is 101. The molecule has 1 radical (unpaired) electrons. The van der Waals surface area contributed by atoms with E-state index in [2.05, 4.69) is 0 Å². The van der Waals surface area contributed by atoms with Gasteiger partial charge in [-0.15, -0.1) is 0 Å². The molecule has 0 saturated heterocycles. The van der Waals surface area contributed by atoms with Gasteiger partial charge in [-0.05, 0) is 18.7 Å². The molecule has 9 heavy (non-hydrogen) atoms. The van der Waals surface area contributed by atoms with E-state index in [1.165, 1.54) is 0 Å². The van der Waals surface area contributed by atoms with E-state index in [1.807, 2.05) is 27.2 Å². The molecule has 0 heterocycles. The Morgan fingerprint density at radius 2 is 1.78 bits per heavy atom. The first-order chi connectivity index (χ1) is 4.18. The molecule has 0 aromatic carbocycles. The lowest BCUT2D eigenvalue weighted by Crippen LogP contribution is -1.93. The van der Waals surface area contributed by atoms with Crippen LogP contribution in [0.1, 0.15) is 20.8 Å². The molecule has 0 saturated carbocycles. The van der Waals surface area contributed by atoms with Gasteiger partial charge in [0.25, 0.3) is 0 Å². The molecule has 1 nitrogen and oxygen atoms in total. The Morgan fingerprint density at radius 1 is 1.33 bits per heavy atom. The van der Waals surface area contributed by atoms with E-state index in [9.17, 15) is 4.57 Å². The minimum Gasteiger partial charge on any atom is -0.324 e. The van der Waals surface area contributed by atoms with E-state index in [4.69, 9.17) is 0 Å². The fourth-order valence-corrected chi connectivity index (χ4v) is 2.44. The second kappa shape index (κ2) is 4.11. The highest BCUT2D eigenvalue weighted by Gasteiger charge is 2.14. The first-order valence-corrected chi connectivity index (χ1v) is 5.79. The van der Waals surface area contributed by atoms with Gasteiger partial charge in [-0.3, -0.25) is 0 Å². The van der Waals surface area contributed by atoms with Crippen LogP contribution in [0.3, 0.4) is 0 Å². The van der Waals surface area contributed by atoms with E-state index in [0.29, 0.717) is 0 Å². The topological polar surface area (TPSA) is 17.1 Å². The molecule has 0 N–H and O–H groups in total. The third-order valence-corrected chi connectivity index (χ3v) is 5.00. The van der Waals surface area contributed by atoms with Crippen LogP contribution in [-0.4, -0.2) is 18.5 Å². The van der Waals surface area contributed by atoms with Crippen molar-refractivity contribution in [3.8, 4) is 0 Å². The van der Waals surface area contributed by atoms with Crippen molar-refractivity contribution in [1.29, 1.82) is 0 Å². The first kappa shape index (κ1) is 9.23. The molecule has 2 heteroatoms. The SMILES string of the molecule is C[CH]CP(=O)(CC)CC. The van der Waals surface area contributed by atoms with Gasteiger partial charge in [0.05, 0.1) is 7.14 Å². The summed E-state index contributed by atoms with van der Waals surface area (Å²) in [6, 6.07) is 0. The van der Waals surface area contributed by atoms with Crippen molar-refractivity contribution in [1.82, 2.24) is 0 Å². The van der Waals surface area contributed by atoms with E-state index in [0.717, 1.165) is 18.5 Å². The highest BCUT2D eigenvalue weighted by molar-refractivity contribution is 7.63. The van der Waals surface area contributed by atoms with Crippen molar-refractivity contribution >= 4 is 7.14 Å². The van der Waals surface area contributed by atoms with Crippen LogP contribution in [0, 0.1) is 6.42 Å². The van der Waals surface area contributed by atoms with Gasteiger partial charge >= 0.3 is 0 Å². The maximum atomic E-state index is 11.5. The Kier molecular flexibility index (Phi) is 4.22. The summed E-state index contributed by atoms with van der Waals surface area (Å²) in [7, 11) is -1.74. The lowest BCUT2D eigenvalue weighted by atomic mass is 10.6. The van der Waals surface area contributed by atoms with Crippen LogP contribution in [0.4, 0.5) is 0 Å². The average Bonchev–Trinajstić information content (AvgIpc) is 1.89. The predicted octanol–water partition coefficient (Wildman–Crippen LogP) is 2.61. The molecular weight excluding hydrogens is 131 g/mol. The van der Waals surface area contributed by atoms with Crippen LogP contribution in [0.2, 0.25) is 0 Å². The zero-order valence-electron chi connectivity index (χ0n) is 6.55. The first-order valence-electron chi connectivity index (χ1n) is 3.53. The minimum atomic E-state index is -1.74. The number of hydrogen-bond donors (Lipinski definition) is 0. The number of hydrogen-bond acceptors (Lipinski definition) is 1. The van der Waals surface area contributed by atoms with Crippen LogP contribution < -0.4 is 0 Å². The summed E-state index contributed by atoms with van der Waals surface area (Å²) >= 11 is 0. The summed E-state index contributed by atoms with van der Waals surface area (Å²) in [5.41, 5.74) is 0. The van der Waals surface area contributed by atoms with Gasteiger partial charge in [0.2, 0.25) is 0 Å². The van der Waals surface area contributed by atoms with Crippen molar-refractivity contribution in [2.24, 2.45) is 0 Å². The smallest absolute Gasteiger partial charge is 0.0875 e. The molecule has 0 atom stereocenters. The third kappa shape index (κ3) is 3.05. The Morgan fingerprint density at radius 3 is 1.89 bits per heavy atom. The van der Waals surface area contributed by atoms with Crippen LogP contribution in [0.5, 0.6) is 0 Å². The molecule has 0 spiro atoms. The van der Waals surface area contributed by atoms with Gasteiger partial charge in [-0.1, -0.05) is 20.8 Å². The molecule has 0 aliphatic rings. The van der Waals surface area contributed by atoms with Crippen LogP contribution >= 0.6 is 7.14 Å². The van der Waals surface area contributed by atoms with E-state index >= 15 is 0 Å². The van der Waals surface area contributed by atoms with E-state index in [-0.39, 0.29) is 0 Å². The summed E-state index contributed by atoms with van der Waals surface area (Å²) < 4.78 is 11.5. The lowest BCUT2D eigenvalue weighted by Gasteiger charge is -2.11. The molecule has 0 aromatic heterocycles. The maximum absolute atomic E-state index is 11.5. The summed E-state index contributed by atoms with van der Waals surface area (Å²) in [6.07, 6.45) is 4.54. The van der Waals surface area contributed by atoms with Crippen molar-refractivity contribution in [3.05, 3.63) is 6.42 Å².